The van der Waals surface area contributed by atoms with Gasteiger partial charge >= 0.3 is 6.09 Å². The third-order valence-electron chi connectivity index (χ3n) is 3.84. The molecule has 134 valence electrons. The molecule has 1 fully saturated rings. The number of aliphatic hydroxyl groups excluding tert-OH is 1. The van der Waals surface area contributed by atoms with E-state index in [1.54, 1.807) is 6.07 Å². The summed E-state index contributed by atoms with van der Waals surface area (Å²) in [6, 6.07) is 4.29. The van der Waals surface area contributed by atoms with Crippen LogP contribution in [0.3, 0.4) is 0 Å². The van der Waals surface area contributed by atoms with Crippen LogP contribution in [0.2, 0.25) is 0 Å². The summed E-state index contributed by atoms with van der Waals surface area (Å²) in [5.74, 6) is -0.904. The molecule has 1 aromatic rings. The van der Waals surface area contributed by atoms with Crippen LogP contribution < -0.4 is 16.1 Å². The monoisotopic (exact) mass is 368 g/mol. The zero-order chi connectivity index (χ0) is 18.0. The maximum Gasteiger partial charge on any atom is 0.414 e. The van der Waals surface area contributed by atoms with Crippen LogP contribution in [0, 0.1) is 5.82 Å². The predicted octanol–water partition coefficient (Wildman–Crippen LogP) is 0.385. The minimum Gasteiger partial charge on any atom is -0.443 e. The number of halogens is 1. The van der Waals surface area contributed by atoms with E-state index in [9.17, 15) is 14.0 Å². The predicted molar refractivity (Wildman–Crippen MR) is 90.8 cm³/mol. The maximum atomic E-state index is 14.5. The van der Waals surface area contributed by atoms with E-state index >= 15 is 0 Å². The number of rotatable bonds is 5. The van der Waals surface area contributed by atoms with Gasteiger partial charge in [0.05, 0.1) is 17.5 Å². The SMILES string of the molecule is NCC1CN(c2ccc(C3=NNC(=O)C(CCO)S3)c(F)c2)C(=O)O1. The molecule has 10 heteroatoms. The van der Waals surface area contributed by atoms with E-state index in [2.05, 4.69) is 10.5 Å². The Morgan fingerprint density at radius 3 is 2.92 bits per heavy atom. The van der Waals surface area contributed by atoms with Crippen molar-refractivity contribution in [1.29, 1.82) is 0 Å². The van der Waals surface area contributed by atoms with Crippen molar-refractivity contribution in [3.63, 3.8) is 0 Å². The summed E-state index contributed by atoms with van der Waals surface area (Å²) >= 11 is 1.09. The number of cyclic esters (lactones) is 1. The van der Waals surface area contributed by atoms with Gasteiger partial charge in [-0.3, -0.25) is 9.69 Å². The smallest absolute Gasteiger partial charge is 0.414 e. The number of amides is 2. The Labute approximate surface area is 147 Å². The first-order chi connectivity index (χ1) is 12.0. The highest BCUT2D eigenvalue weighted by molar-refractivity contribution is 8.15. The Morgan fingerprint density at radius 1 is 1.48 bits per heavy atom. The van der Waals surface area contributed by atoms with Gasteiger partial charge < -0.3 is 15.6 Å². The number of nitrogens with one attached hydrogen (secondary N) is 1. The molecule has 0 saturated carbocycles. The molecule has 8 nitrogen and oxygen atoms in total. The summed E-state index contributed by atoms with van der Waals surface area (Å²) in [7, 11) is 0. The number of anilines is 1. The van der Waals surface area contributed by atoms with Crippen molar-refractivity contribution in [2.24, 2.45) is 10.8 Å². The van der Waals surface area contributed by atoms with Crippen molar-refractivity contribution in [2.45, 2.75) is 17.8 Å². The Kier molecular flexibility index (Phi) is 5.21. The maximum absolute atomic E-state index is 14.5. The van der Waals surface area contributed by atoms with Crippen LogP contribution in [0.5, 0.6) is 0 Å². The highest BCUT2D eigenvalue weighted by Crippen LogP contribution is 2.29. The molecule has 0 radical (unpaired) electrons. The highest BCUT2D eigenvalue weighted by atomic mass is 32.2. The molecule has 2 heterocycles. The number of thioether (sulfide) groups is 1. The number of aliphatic hydroxyl groups is 1. The third kappa shape index (κ3) is 3.60. The zero-order valence-corrected chi connectivity index (χ0v) is 14.0. The van der Waals surface area contributed by atoms with E-state index in [4.69, 9.17) is 15.6 Å². The molecule has 4 N–H and O–H groups in total. The number of carbonyl (C=O) groups excluding carboxylic acids is 2. The molecule has 1 saturated heterocycles. The lowest BCUT2D eigenvalue weighted by atomic mass is 10.2. The standard InChI is InChI=1S/C15H17FN4O4S/c16-11-5-8(20-7-9(6-17)24-15(20)23)1-2-10(11)14-19-18-13(22)12(25-14)3-4-21/h1-2,5,9,12,21H,3-4,6-7,17H2,(H,18,22). The molecule has 3 rings (SSSR count). The lowest BCUT2D eigenvalue weighted by Gasteiger charge is -2.21. The van der Waals surface area contributed by atoms with Gasteiger partial charge in [0.25, 0.3) is 5.91 Å². The summed E-state index contributed by atoms with van der Waals surface area (Å²) in [6.07, 6.45) is -0.736. The average molecular weight is 368 g/mol. The van der Waals surface area contributed by atoms with Gasteiger partial charge in [0.15, 0.2) is 0 Å². The van der Waals surface area contributed by atoms with E-state index in [-0.39, 0.29) is 37.6 Å². The fourth-order valence-electron chi connectivity index (χ4n) is 2.52. The first-order valence-corrected chi connectivity index (χ1v) is 8.54. The number of hydrogen-bond donors (Lipinski definition) is 3. The number of hydrazone groups is 1. The second kappa shape index (κ2) is 7.38. The average Bonchev–Trinajstić information content (AvgIpc) is 2.98. The van der Waals surface area contributed by atoms with Crippen molar-refractivity contribution >= 4 is 34.5 Å². The molecule has 2 aliphatic rings. The van der Waals surface area contributed by atoms with E-state index in [1.165, 1.54) is 17.0 Å². The van der Waals surface area contributed by atoms with Gasteiger partial charge in [-0.2, -0.15) is 5.10 Å². The fourth-order valence-corrected chi connectivity index (χ4v) is 3.57. The molecular weight excluding hydrogens is 351 g/mol. The molecule has 1 aromatic carbocycles. The summed E-state index contributed by atoms with van der Waals surface area (Å²) in [5.41, 5.74) is 8.39. The quantitative estimate of drug-likeness (QED) is 0.692. The molecule has 25 heavy (non-hydrogen) atoms. The van der Waals surface area contributed by atoms with Crippen molar-refractivity contribution in [2.75, 3.05) is 24.6 Å². The van der Waals surface area contributed by atoms with Crippen LogP contribution in [0.1, 0.15) is 12.0 Å². The molecule has 2 aliphatic heterocycles. The minimum atomic E-state index is -0.577. The Morgan fingerprint density at radius 2 is 2.28 bits per heavy atom. The van der Waals surface area contributed by atoms with E-state index in [0.29, 0.717) is 10.7 Å². The van der Waals surface area contributed by atoms with E-state index < -0.39 is 23.3 Å². The van der Waals surface area contributed by atoms with Gasteiger partial charge in [-0.15, -0.1) is 0 Å². The lowest BCUT2D eigenvalue weighted by Crippen LogP contribution is -2.35. The van der Waals surface area contributed by atoms with Crippen molar-refractivity contribution in [3.8, 4) is 0 Å². The topological polar surface area (TPSA) is 117 Å². The van der Waals surface area contributed by atoms with Gasteiger partial charge in [-0.25, -0.2) is 14.6 Å². The highest BCUT2D eigenvalue weighted by Gasteiger charge is 2.32. The molecule has 2 amide bonds. The Bertz CT molecular complexity index is 729. The van der Waals surface area contributed by atoms with Crippen LogP contribution in [-0.4, -0.2) is 53.2 Å². The second-order valence-electron chi connectivity index (χ2n) is 5.53. The Balaban J connectivity index is 1.81. The van der Waals surface area contributed by atoms with Gasteiger partial charge in [0.1, 0.15) is 17.0 Å². The summed E-state index contributed by atoms with van der Waals surface area (Å²) in [6.45, 7) is 0.305. The van der Waals surface area contributed by atoms with Crippen molar-refractivity contribution in [1.82, 2.24) is 5.43 Å². The fraction of sp³-hybridized carbons (Fsp3) is 0.400. The van der Waals surface area contributed by atoms with Crippen LogP contribution in [0.25, 0.3) is 0 Å². The van der Waals surface area contributed by atoms with Crippen LogP contribution >= 0.6 is 11.8 Å². The van der Waals surface area contributed by atoms with Gasteiger partial charge in [-0.1, -0.05) is 11.8 Å². The van der Waals surface area contributed by atoms with Crippen molar-refractivity contribution in [3.05, 3.63) is 29.6 Å². The summed E-state index contributed by atoms with van der Waals surface area (Å²) < 4.78 is 19.6. The van der Waals surface area contributed by atoms with Crippen LogP contribution in [-0.2, 0) is 9.53 Å². The summed E-state index contributed by atoms with van der Waals surface area (Å²) in [4.78, 5) is 24.8. The van der Waals surface area contributed by atoms with Crippen LogP contribution in [0.15, 0.2) is 23.3 Å². The third-order valence-corrected chi connectivity index (χ3v) is 5.11. The first-order valence-electron chi connectivity index (χ1n) is 7.66. The molecule has 0 aliphatic carbocycles. The van der Waals surface area contributed by atoms with E-state index in [1.807, 2.05) is 0 Å². The van der Waals surface area contributed by atoms with Gasteiger partial charge in [-0.05, 0) is 24.6 Å². The number of nitrogens with zero attached hydrogens (tertiary/aromatic N) is 2. The number of ether oxygens (including phenoxy) is 1. The normalized spacial score (nSPS) is 23.3. The first kappa shape index (κ1) is 17.6. The lowest BCUT2D eigenvalue weighted by molar-refractivity contribution is -0.120. The molecular formula is C15H17FN4O4S. The number of hydrogen-bond acceptors (Lipinski definition) is 7. The Hall–Kier alpha value is -2.17. The molecule has 2 atom stereocenters. The van der Waals surface area contributed by atoms with Crippen LogP contribution in [0.4, 0.5) is 14.9 Å². The largest absolute Gasteiger partial charge is 0.443 e. The van der Waals surface area contributed by atoms with Gasteiger partial charge in [0.2, 0.25) is 0 Å². The minimum absolute atomic E-state index is 0.154. The molecule has 0 aromatic heterocycles. The molecule has 2 unspecified atom stereocenters. The van der Waals surface area contributed by atoms with E-state index in [0.717, 1.165) is 11.8 Å². The number of nitrogens with two attached hydrogens (primary N) is 1. The summed E-state index contributed by atoms with van der Waals surface area (Å²) in [5, 5.41) is 12.7. The van der Waals surface area contributed by atoms with Gasteiger partial charge in [0, 0.05) is 18.7 Å². The number of benzene rings is 1. The molecule has 0 bridgehead atoms. The number of carbonyl (C=O) groups is 2. The molecule has 0 spiro atoms. The van der Waals surface area contributed by atoms with Crippen molar-refractivity contribution < 1.29 is 23.8 Å². The zero-order valence-electron chi connectivity index (χ0n) is 13.1. The second-order valence-corrected chi connectivity index (χ2v) is 6.72.